The number of hydrogen-bond acceptors (Lipinski definition) is 4. The van der Waals surface area contributed by atoms with Gasteiger partial charge in [-0.25, -0.2) is 4.79 Å². The number of nitrogens with one attached hydrogen (secondary N) is 1. The molecule has 2 heterocycles. The van der Waals surface area contributed by atoms with E-state index in [-0.39, 0.29) is 11.9 Å². The summed E-state index contributed by atoms with van der Waals surface area (Å²) in [6.07, 6.45) is 1.84. The number of amides is 2. The first-order chi connectivity index (χ1) is 13.6. The lowest BCUT2D eigenvalue weighted by molar-refractivity contribution is 0.184. The van der Waals surface area contributed by atoms with Gasteiger partial charge in [0.05, 0.1) is 5.92 Å². The molecule has 3 aromatic rings. The number of carbonyl (C=O) groups is 1. The van der Waals surface area contributed by atoms with Gasteiger partial charge in [0.25, 0.3) is 0 Å². The number of carbonyl (C=O) groups excluding carboxylic acids is 1. The van der Waals surface area contributed by atoms with Crippen molar-refractivity contribution < 1.29 is 9.32 Å². The predicted molar refractivity (Wildman–Crippen MR) is 108 cm³/mol. The highest BCUT2D eigenvalue weighted by Gasteiger charge is 2.29. The van der Waals surface area contributed by atoms with E-state index in [1.165, 1.54) is 0 Å². The van der Waals surface area contributed by atoms with Crippen molar-refractivity contribution in [2.45, 2.75) is 32.6 Å². The standard InChI is InChI=1S/C22H24N4O2/c1-15-8-6-9-16(2)19(15)23-22(27)26-13-7-12-18(14-26)21-24-20(25-28-21)17-10-4-3-5-11-17/h3-6,8-11,18H,7,12-14H2,1-2H3,(H,23,27)/t18-/m1/s1. The van der Waals surface area contributed by atoms with E-state index in [0.29, 0.717) is 18.3 Å². The van der Waals surface area contributed by atoms with Gasteiger partial charge in [-0.05, 0) is 37.8 Å². The van der Waals surface area contributed by atoms with Crippen LogP contribution in [0.2, 0.25) is 0 Å². The lowest BCUT2D eigenvalue weighted by Gasteiger charge is -2.31. The van der Waals surface area contributed by atoms with Crippen molar-refractivity contribution in [2.75, 3.05) is 18.4 Å². The fourth-order valence-electron chi connectivity index (χ4n) is 3.67. The largest absolute Gasteiger partial charge is 0.339 e. The van der Waals surface area contributed by atoms with Gasteiger partial charge >= 0.3 is 6.03 Å². The minimum absolute atomic E-state index is 0.0578. The molecule has 0 radical (unpaired) electrons. The summed E-state index contributed by atoms with van der Waals surface area (Å²) in [4.78, 5) is 19.2. The van der Waals surface area contributed by atoms with Crippen LogP contribution >= 0.6 is 0 Å². The summed E-state index contributed by atoms with van der Waals surface area (Å²) in [5.41, 5.74) is 3.94. The summed E-state index contributed by atoms with van der Waals surface area (Å²) < 4.78 is 5.52. The Morgan fingerprint density at radius 2 is 1.86 bits per heavy atom. The number of rotatable bonds is 3. The second kappa shape index (κ2) is 7.84. The molecule has 6 nitrogen and oxygen atoms in total. The number of likely N-dealkylation sites (tertiary alicyclic amines) is 1. The first kappa shape index (κ1) is 18.2. The van der Waals surface area contributed by atoms with E-state index < -0.39 is 0 Å². The molecule has 1 aliphatic heterocycles. The first-order valence-electron chi connectivity index (χ1n) is 9.63. The average molecular weight is 376 g/mol. The molecule has 1 aliphatic rings. The number of anilines is 1. The van der Waals surface area contributed by atoms with Crippen LogP contribution in [0.5, 0.6) is 0 Å². The lowest BCUT2D eigenvalue weighted by Crippen LogP contribution is -2.41. The summed E-state index contributed by atoms with van der Waals surface area (Å²) in [6, 6.07) is 15.7. The molecular weight excluding hydrogens is 352 g/mol. The van der Waals surface area contributed by atoms with E-state index in [1.807, 2.05) is 67.3 Å². The van der Waals surface area contributed by atoms with Crippen LogP contribution in [-0.4, -0.2) is 34.2 Å². The van der Waals surface area contributed by atoms with E-state index in [1.54, 1.807) is 0 Å². The maximum Gasteiger partial charge on any atom is 0.321 e. The summed E-state index contributed by atoms with van der Waals surface area (Å²) in [5, 5.41) is 7.19. The van der Waals surface area contributed by atoms with Crippen LogP contribution < -0.4 is 5.32 Å². The van der Waals surface area contributed by atoms with Crippen LogP contribution in [0, 0.1) is 13.8 Å². The maximum absolute atomic E-state index is 12.8. The van der Waals surface area contributed by atoms with E-state index in [4.69, 9.17) is 4.52 Å². The van der Waals surface area contributed by atoms with Gasteiger partial charge in [-0.3, -0.25) is 0 Å². The Morgan fingerprint density at radius 1 is 1.11 bits per heavy atom. The third-order valence-corrected chi connectivity index (χ3v) is 5.24. The quantitative estimate of drug-likeness (QED) is 0.715. The SMILES string of the molecule is Cc1cccc(C)c1NC(=O)N1CCC[C@@H](c2nc(-c3ccccc3)no2)C1. The molecule has 0 bridgehead atoms. The predicted octanol–water partition coefficient (Wildman–Crippen LogP) is 4.76. The molecule has 1 N–H and O–H groups in total. The molecule has 144 valence electrons. The third kappa shape index (κ3) is 3.76. The molecule has 0 saturated carbocycles. The number of nitrogens with zero attached hydrogens (tertiary/aromatic N) is 3. The molecule has 28 heavy (non-hydrogen) atoms. The molecular formula is C22H24N4O2. The normalized spacial score (nSPS) is 16.8. The molecule has 6 heteroatoms. The van der Waals surface area contributed by atoms with E-state index >= 15 is 0 Å². The van der Waals surface area contributed by atoms with Crippen molar-refractivity contribution in [2.24, 2.45) is 0 Å². The molecule has 1 aromatic heterocycles. The Hall–Kier alpha value is -3.15. The van der Waals surface area contributed by atoms with Crippen molar-refractivity contribution in [1.82, 2.24) is 15.0 Å². The van der Waals surface area contributed by atoms with Crippen LogP contribution in [-0.2, 0) is 0 Å². The summed E-state index contributed by atoms with van der Waals surface area (Å²) in [7, 11) is 0. The maximum atomic E-state index is 12.8. The Bertz CT molecular complexity index is 947. The minimum atomic E-state index is -0.0788. The molecule has 0 aliphatic carbocycles. The number of aromatic nitrogens is 2. The minimum Gasteiger partial charge on any atom is -0.339 e. The van der Waals surface area contributed by atoms with Gasteiger partial charge in [0, 0.05) is 24.3 Å². The molecule has 2 amide bonds. The highest BCUT2D eigenvalue weighted by Crippen LogP contribution is 2.28. The smallest absolute Gasteiger partial charge is 0.321 e. The van der Waals surface area contributed by atoms with Gasteiger partial charge < -0.3 is 14.7 Å². The average Bonchev–Trinajstić information content (AvgIpc) is 3.22. The van der Waals surface area contributed by atoms with Crippen LogP contribution in [0.3, 0.4) is 0 Å². The Kier molecular flexibility index (Phi) is 5.10. The summed E-state index contributed by atoms with van der Waals surface area (Å²) in [6.45, 7) is 5.32. The van der Waals surface area contributed by atoms with E-state index in [2.05, 4.69) is 15.5 Å². The van der Waals surface area contributed by atoms with E-state index in [9.17, 15) is 4.79 Å². The number of piperidine rings is 1. The molecule has 1 saturated heterocycles. The Morgan fingerprint density at radius 3 is 2.61 bits per heavy atom. The zero-order valence-electron chi connectivity index (χ0n) is 16.2. The van der Waals surface area contributed by atoms with Gasteiger partial charge in [-0.15, -0.1) is 0 Å². The summed E-state index contributed by atoms with van der Waals surface area (Å²) >= 11 is 0. The number of aryl methyl sites for hydroxylation is 2. The molecule has 0 unspecified atom stereocenters. The van der Waals surface area contributed by atoms with Gasteiger partial charge in [-0.1, -0.05) is 53.7 Å². The van der Waals surface area contributed by atoms with Crippen molar-refractivity contribution in [3.8, 4) is 11.4 Å². The van der Waals surface area contributed by atoms with Crippen molar-refractivity contribution >= 4 is 11.7 Å². The Labute approximate surface area is 164 Å². The van der Waals surface area contributed by atoms with Gasteiger partial charge in [0.15, 0.2) is 0 Å². The molecule has 1 fully saturated rings. The van der Waals surface area contributed by atoms with Gasteiger partial charge in [-0.2, -0.15) is 4.98 Å². The molecule has 1 atom stereocenters. The number of urea groups is 1. The number of para-hydroxylation sites is 1. The zero-order chi connectivity index (χ0) is 19.5. The van der Waals surface area contributed by atoms with Crippen LogP contribution in [0.4, 0.5) is 10.5 Å². The van der Waals surface area contributed by atoms with Crippen LogP contribution in [0.15, 0.2) is 53.1 Å². The van der Waals surface area contributed by atoms with Crippen molar-refractivity contribution in [3.63, 3.8) is 0 Å². The lowest BCUT2D eigenvalue weighted by atomic mass is 9.98. The second-order valence-electron chi connectivity index (χ2n) is 7.30. The topological polar surface area (TPSA) is 71.3 Å². The van der Waals surface area contributed by atoms with Gasteiger partial charge in [0.1, 0.15) is 0 Å². The monoisotopic (exact) mass is 376 g/mol. The second-order valence-corrected chi connectivity index (χ2v) is 7.30. The van der Waals surface area contributed by atoms with Crippen LogP contribution in [0.25, 0.3) is 11.4 Å². The zero-order valence-corrected chi connectivity index (χ0v) is 16.2. The van der Waals surface area contributed by atoms with Crippen molar-refractivity contribution in [1.29, 1.82) is 0 Å². The first-order valence-corrected chi connectivity index (χ1v) is 9.63. The van der Waals surface area contributed by atoms with E-state index in [0.717, 1.165) is 41.8 Å². The number of benzene rings is 2. The fourth-order valence-corrected chi connectivity index (χ4v) is 3.67. The molecule has 2 aromatic carbocycles. The van der Waals surface area contributed by atoms with Crippen molar-refractivity contribution in [3.05, 3.63) is 65.5 Å². The van der Waals surface area contributed by atoms with Gasteiger partial charge in [0.2, 0.25) is 11.7 Å². The van der Waals surface area contributed by atoms with Crippen LogP contribution in [0.1, 0.15) is 35.8 Å². The molecule has 0 spiro atoms. The highest BCUT2D eigenvalue weighted by molar-refractivity contribution is 5.91. The summed E-state index contributed by atoms with van der Waals surface area (Å²) in [5.74, 6) is 1.25. The number of hydrogen-bond donors (Lipinski definition) is 1. The fraction of sp³-hybridized carbons (Fsp3) is 0.318. The third-order valence-electron chi connectivity index (χ3n) is 5.24. The Balaban J connectivity index is 1.46. The molecule has 4 rings (SSSR count). The highest BCUT2D eigenvalue weighted by atomic mass is 16.5.